The number of furan rings is 1. The average Bonchev–Trinajstić information content (AvgIpc) is 3.34. The van der Waals surface area contributed by atoms with Gasteiger partial charge in [0.2, 0.25) is 0 Å². The van der Waals surface area contributed by atoms with E-state index >= 15 is 0 Å². The topological polar surface area (TPSA) is 48.7 Å². The molecule has 2 aromatic heterocycles. The third-order valence-electron chi connectivity index (χ3n) is 5.22. The fraction of sp³-hybridized carbons (Fsp3) is 0.318. The van der Waals surface area contributed by atoms with Crippen molar-refractivity contribution in [3.63, 3.8) is 0 Å². The van der Waals surface area contributed by atoms with Crippen molar-refractivity contribution in [2.75, 3.05) is 38.5 Å². The molecule has 0 radical (unpaired) electrons. The number of rotatable bonds is 5. The number of benzene rings is 1. The highest BCUT2D eigenvalue weighted by Gasteiger charge is 2.29. The number of piperazine rings is 1. The normalized spacial score (nSPS) is 16.7. The van der Waals surface area contributed by atoms with Crippen molar-refractivity contribution in [3.05, 3.63) is 75.0 Å². The second-order valence-corrected chi connectivity index (χ2v) is 9.54. The van der Waals surface area contributed by atoms with Gasteiger partial charge in [-0.3, -0.25) is 9.69 Å². The second-order valence-electron chi connectivity index (χ2n) is 7.37. The van der Waals surface area contributed by atoms with E-state index in [4.69, 9.17) is 4.42 Å². The van der Waals surface area contributed by atoms with E-state index in [9.17, 15) is 4.79 Å². The fourth-order valence-corrected chi connectivity index (χ4v) is 5.11. The Morgan fingerprint density at radius 1 is 1.17 bits per heavy atom. The summed E-state index contributed by atoms with van der Waals surface area (Å²) in [6.45, 7) is 6.10. The van der Waals surface area contributed by atoms with Gasteiger partial charge >= 0.3 is 0 Å². The molecule has 4 rings (SSSR count). The van der Waals surface area contributed by atoms with Gasteiger partial charge in [-0.15, -0.1) is 11.3 Å². The molecular weight excluding hydrogens is 450 g/mol. The molecule has 3 aromatic rings. The highest BCUT2D eigenvalue weighted by Crippen LogP contribution is 2.40. The second kappa shape index (κ2) is 8.83. The molecule has 1 aromatic carbocycles. The number of aryl methyl sites for hydroxylation is 1. The van der Waals surface area contributed by atoms with Crippen LogP contribution in [0.5, 0.6) is 0 Å². The van der Waals surface area contributed by atoms with Crippen LogP contribution in [0.4, 0.5) is 5.00 Å². The lowest BCUT2D eigenvalue weighted by Crippen LogP contribution is -2.46. The summed E-state index contributed by atoms with van der Waals surface area (Å²) in [6, 6.07) is 14.1. The standard InChI is InChI=1S/C22H24BrN3O2S/c1-15-13-18(22(29-15)24-21(27)19-7-4-12-28-19)20(16-5-3-6-17(23)14-16)26-10-8-25(2)9-11-26/h3-7,12-14,20H,8-11H2,1-2H3,(H,24,27)/t20-/m0/s1. The first-order valence-corrected chi connectivity index (χ1v) is 11.3. The van der Waals surface area contributed by atoms with Gasteiger partial charge in [0.25, 0.3) is 5.91 Å². The Labute approximate surface area is 183 Å². The zero-order chi connectivity index (χ0) is 20.4. The van der Waals surface area contributed by atoms with E-state index in [1.807, 2.05) is 6.07 Å². The number of thiophene rings is 1. The van der Waals surface area contributed by atoms with Crippen LogP contribution in [0.15, 0.2) is 57.6 Å². The van der Waals surface area contributed by atoms with E-state index in [1.54, 1.807) is 23.5 Å². The number of nitrogens with one attached hydrogen (secondary N) is 1. The van der Waals surface area contributed by atoms with Crippen molar-refractivity contribution in [3.8, 4) is 0 Å². The minimum absolute atomic E-state index is 0.0815. The first kappa shape index (κ1) is 20.3. The van der Waals surface area contributed by atoms with Gasteiger partial charge in [-0.1, -0.05) is 28.1 Å². The van der Waals surface area contributed by atoms with E-state index in [2.05, 4.69) is 69.3 Å². The molecule has 0 aliphatic carbocycles. The zero-order valence-electron chi connectivity index (χ0n) is 16.5. The van der Waals surface area contributed by atoms with Gasteiger partial charge in [0.15, 0.2) is 5.76 Å². The molecule has 1 fully saturated rings. The first-order valence-electron chi connectivity index (χ1n) is 9.64. The van der Waals surface area contributed by atoms with Crippen molar-refractivity contribution in [2.24, 2.45) is 0 Å². The van der Waals surface area contributed by atoms with E-state index in [-0.39, 0.29) is 11.9 Å². The summed E-state index contributed by atoms with van der Waals surface area (Å²) in [7, 11) is 2.16. The Kier molecular flexibility index (Phi) is 6.20. The Balaban J connectivity index is 1.71. The molecule has 1 N–H and O–H groups in total. The summed E-state index contributed by atoms with van der Waals surface area (Å²) in [4.78, 5) is 18.7. The van der Waals surface area contributed by atoms with Crippen LogP contribution < -0.4 is 5.32 Å². The van der Waals surface area contributed by atoms with E-state index in [0.29, 0.717) is 5.76 Å². The monoisotopic (exact) mass is 473 g/mol. The molecule has 0 bridgehead atoms. The summed E-state index contributed by atoms with van der Waals surface area (Å²) < 4.78 is 6.33. The van der Waals surface area contributed by atoms with Crippen LogP contribution in [0, 0.1) is 6.92 Å². The van der Waals surface area contributed by atoms with E-state index in [0.717, 1.165) is 41.2 Å². The molecule has 7 heteroatoms. The average molecular weight is 474 g/mol. The number of likely N-dealkylation sites (N-methyl/N-ethyl adjacent to an activating group) is 1. The number of nitrogens with zero attached hydrogens (tertiary/aromatic N) is 2. The molecule has 152 valence electrons. The van der Waals surface area contributed by atoms with Crippen LogP contribution in [0.2, 0.25) is 0 Å². The van der Waals surface area contributed by atoms with Crippen LogP contribution in [-0.4, -0.2) is 48.9 Å². The van der Waals surface area contributed by atoms with Gasteiger partial charge in [-0.25, -0.2) is 0 Å². The largest absolute Gasteiger partial charge is 0.459 e. The molecule has 3 heterocycles. The number of anilines is 1. The maximum atomic E-state index is 12.6. The Morgan fingerprint density at radius 2 is 1.97 bits per heavy atom. The van der Waals surface area contributed by atoms with Gasteiger partial charge in [-0.2, -0.15) is 0 Å². The third-order valence-corrected chi connectivity index (χ3v) is 6.69. The molecule has 1 aliphatic rings. The highest BCUT2D eigenvalue weighted by molar-refractivity contribution is 9.10. The zero-order valence-corrected chi connectivity index (χ0v) is 18.9. The number of carbonyl (C=O) groups is 1. The molecule has 1 atom stereocenters. The van der Waals surface area contributed by atoms with E-state index in [1.165, 1.54) is 16.7 Å². The number of hydrogen-bond acceptors (Lipinski definition) is 5. The van der Waals surface area contributed by atoms with Crippen LogP contribution in [0.25, 0.3) is 0 Å². The van der Waals surface area contributed by atoms with Crippen LogP contribution in [0.1, 0.15) is 32.6 Å². The lowest BCUT2D eigenvalue weighted by molar-refractivity contribution is 0.0996. The third kappa shape index (κ3) is 4.64. The molecule has 0 spiro atoms. The van der Waals surface area contributed by atoms with Gasteiger partial charge < -0.3 is 14.6 Å². The molecule has 1 amide bonds. The lowest BCUT2D eigenvalue weighted by atomic mass is 9.97. The maximum absolute atomic E-state index is 12.6. The predicted octanol–water partition coefficient (Wildman–Crippen LogP) is 5.00. The summed E-state index contributed by atoms with van der Waals surface area (Å²) >= 11 is 5.23. The lowest BCUT2D eigenvalue weighted by Gasteiger charge is -2.38. The van der Waals surface area contributed by atoms with E-state index < -0.39 is 0 Å². The fourth-order valence-electron chi connectivity index (χ4n) is 3.75. The molecule has 29 heavy (non-hydrogen) atoms. The number of halogens is 1. The summed E-state index contributed by atoms with van der Waals surface area (Å²) in [5, 5.41) is 3.97. The maximum Gasteiger partial charge on any atom is 0.291 e. The predicted molar refractivity (Wildman–Crippen MR) is 121 cm³/mol. The summed E-state index contributed by atoms with van der Waals surface area (Å²) in [5.74, 6) is 0.102. The van der Waals surface area contributed by atoms with Gasteiger partial charge in [0.1, 0.15) is 5.00 Å². The minimum Gasteiger partial charge on any atom is -0.459 e. The minimum atomic E-state index is -0.218. The molecule has 5 nitrogen and oxygen atoms in total. The van der Waals surface area contributed by atoms with Gasteiger partial charge in [-0.05, 0) is 49.9 Å². The smallest absolute Gasteiger partial charge is 0.291 e. The van der Waals surface area contributed by atoms with Crippen molar-refractivity contribution in [1.82, 2.24) is 9.80 Å². The quantitative estimate of drug-likeness (QED) is 0.566. The van der Waals surface area contributed by atoms with Gasteiger partial charge in [0.05, 0.1) is 12.3 Å². The van der Waals surface area contributed by atoms with Crippen molar-refractivity contribution < 1.29 is 9.21 Å². The number of carbonyl (C=O) groups excluding carboxylic acids is 1. The molecule has 0 unspecified atom stereocenters. The SMILES string of the molecule is Cc1cc([C@H](c2cccc(Br)c2)N2CCN(C)CC2)c(NC(=O)c2ccco2)s1. The van der Waals surface area contributed by atoms with Crippen molar-refractivity contribution >= 4 is 38.2 Å². The Morgan fingerprint density at radius 3 is 2.66 bits per heavy atom. The molecule has 1 aliphatic heterocycles. The van der Waals surface area contributed by atoms with Crippen LogP contribution in [-0.2, 0) is 0 Å². The number of amides is 1. The highest BCUT2D eigenvalue weighted by atomic mass is 79.9. The summed E-state index contributed by atoms with van der Waals surface area (Å²) in [6.07, 6.45) is 1.52. The van der Waals surface area contributed by atoms with Crippen LogP contribution >= 0.6 is 27.3 Å². The summed E-state index contributed by atoms with van der Waals surface area (Å²) in [5.41, 5.74) is 2.35. The van der Waals surface area contributed by atoms with Gasteiger partial charge in [0, 0.05) is 41.1 Å². The first-order chi connectivity index (χ1) is 14.0. The number of hydrogen-bond donors (Lipinski definition) is 1. The Bertz CT molecular complexity index is 978. The Hall–Kier alpha value is -1.93. The molecular formula is C22H24BrN3O2S. The van der Waals surface area contributed by atoms with Crippen LogP contribution in [0.3, 0.4) is 0 Å². The van der Waals surface area contributed by atoms with Crippen molar-refractivity contribution in [2.45, 2.75) is 13.0 Å². The molecule has 0 saturated carbocycles. The van der Waals surface area contributed by atoms with Crippen molar-refractivity contribution in [1.29, 1.82) is 0 Å². The molecule has 1 saturated heterocycles.